The molecule has 1 saturated heterocycles. The molecular weight excluding hydrogens is 192 g/mol. The van der Waals surface area contributed by atoms with E-state index in [-0.39, 0.29) is 24.0 Å². The topological polar surface area (TPSA) is 61.4 Å². The third-order valence-corrected chi connectivity index (χ3v) is 2.80. The molecule has 0 bridgehead atoms. The van der Waals surface area contributed by atoms with E-state index in [0.29, 0.717) is 6.54 Å². The van der Waals surface area contributed by atoms with Crippen molar-refractivity contribution < 1.29 is 9.90 Å². The monoisotopic (exact) mass is 214 g/mol. The van der Waals surface area contributed by atoms with Crippen molar-refractivity contribution in [2.75, 3.05) is 19.7 Å². The van der Waals surface area contributed by atoms with Crippen molar-refractivity contribution in [2.45, 2.75) is 39.2 Å². The number of piperidine rings is 1. The predicted molar refractivity (Wildman–Crippen MR) is 59.5 cm³/mol. The molecule has 0 aromatic carbocycles. The van der Waals surface area contributed by atoms with Crippen LogP contribution in [-0.2, 0) is 4.79 Å². The normalized spacial score (nSPS) is 22.5. The van der Waals surface area contributed by atoms with E-state index < -0.39 is 0 Å². The van der Waals surface area contributed by atoms with Gasteiger partial charge in [0, 0.05) is 18.6 Å². The number of carbonyl (C=O) groups excluding carboxylic acids is 1. The lowest BCUT2D eigenvalue weighted by Gasteiger charge is -2.26. The molecule has 4 nitrogen and oxygen atoms in total. The van der Waals surface area contributed by atoms with Gasteiger partial charge in [0.2, 0.25) is 5.91 Å². The van der Waals surface area contributed by atoms with Gasteiger partial charge in [0.25, 0.3) is 0 Å². The zero-order valence-corrected chi connectivity index (χ0v) is 9.68. The Labute approximate surface area is 91.4 Å². The second kappa shape index (κ2) is 5.47. The van der Waals surface area contributed by atoms with Crippen molar-refractivity contribution in [3.05, 3.63) is 0 Å². The van der Waals surface area contributed by atoms with Crippen molar-refractivity contribution in [3.63, 3.8) is 0 Å². The molecule has 0 radical (unpaired) electrons. The van der Waals surface area contributed by atoms with Crippen molar-refractivity contribution in [1.82, 2.24) is 10.6 Å². The van der Waals surface area contributed by atoms with Crippen LogP contribution in [0.2, 0.25) is 0 Å². The van der Waals surface area contributed by atoms with E-state index in [1.807, 2.05) is 13.8 Å². The summed E-state index contributed by atoms with van der Waals surface area (Å²) < 4.78 is 0. The van der Waals surface area contributed by atoms with Crippen LogP contribution in [0.1, 0.15) is 33.1 Å². The lowest BCUT2D eigenvalue weighted by molar-refractivity contribution is -0.124. The van der Waals surface area contributed by atoms with Gasteiger partial charge in [-0.3, -0.25) is 4.79 Å². The molecule has 15 heavy (non-hydrogen) atoms. The standard InChI is InChI=1S/C11H22N2O2/c1-11(2,8-14)7-13-10(15)9-5-3-4-6-12-9/h9,12,14H,3-8H2,1-2H3,(H,13,15). The van der Waals surface area contributed by atoms with Crippen molar-refractivity contribution in [1.29, 1.82) is 0 Å². The molecule has 1 aliphatic rings. The summed E-state index contributed by atoms with van der Waals surface area (Å²) in [6.45, 7) is 5.41. The Morgan fingerprint density at radius 2 is 2.27 bits per heavy atom. The quantitative estimate of drug-likeness (QED) is 0.629. The van der Waals surface area contributed by atoms with Gasteiger partial charge < -0.3 is 15.7 Å². The van der Waals surface area contributed by atoms with Gasteiger partial charge in [-0.05, 0) is 19.4 Å². The Balaban J connectivity index is 2.28. The molecule has 3 N–H and O–H groups in total. The van der Waals surface area contributed by atoms with E-state index in [1.165, 1.54) is 0 Å². The molecule has 1 unspecified atom stereocenters. The third-order valence-electron chi connectivity index (χ3n) is 2.80. The fraction of sp³-hybridized carbons (Fsp3) is 0.909. The Morgan fingerprint density at radius 1 is 1.53 bits per heavy atom. The molecule has 1 amide bonds. The predicted octanol–water partition coefficient (Wildman–Crippen LogP) is 0.263. The van der Waals surface area contributed by atoms with Gasteiger partial charge in [-0.15, -0.1) is 0 Å². The second-order valence-electron chi connectivity index (χ2n) is 5.04. The number of rotatable bonds is 4. The minimum absolute atomic E-state index is 0.0340. The summed E-state index contributed by atoms with van der Waals surface area (Å²) in [5.41, 5.74) is -0.232. The molecule has 1 heterocycles. The first-order valence-corrected chi connectivity index (χ1v) is 5.67. The summed E-state index contributed by atoms with van der Waals surface area (Å²) in [5, 5.41) is 15.1. The molecule has 0 aromatic heterocycles. The number of carbonyl (C=O) groups is 1. The van der Waals surface area contributed by atoms with Crippen LogP contribution >= 0.6 is 0 Å². The summed E-state index contributed by atoms with van der Waals surface area (Å²) in [6, 6.07) is -0.0340. The van der Waals surface area contributed by atoms with E-state index in [1.54, 1.807) is 0 Å². The molecule has 1 aliphatic heterocycles. The molecule has 88 valence electrons. The molecule has 0 aliphatic carbocycles. The molecule has 1 atom stereocenters. The van der Waals surface area contributed by atoms with Gasteiger partial charge in [0.15, 0.2) is 0 Å². The summed E-state index contributed by atoms with van der Waals surface area (Å²) >= 11 is 0. The van der Waals surface area contributed by atoms with Crippen LogP contribution in [0.5, 0.6) is 0 Å². The zero-order chi connectivity index (χ0) is 11.3. The fourth-order valence-electron chi connectivity index (χ4n) is 1.58. The zero-order valence-electron chi connectivity index (χ0n) is 9.68. The van der Waals surface area contributed by atoms with Gasteiger partial charge in [-0.2, -0.15) is 0 Å². The van der Waals surface area contributed by atoms with Crippen LogP contribution in [0.4, 0.5) is 0 Å². The highest BCUT2D eigenvalue weighted by Gasteiger charge is 2.23. The van der Waals surface area contributed by atoms with E-state index in [0.717, 1.165) is 25.8 Å². The van der Waals surface area contributed by atoms with Crippen LogP contribution in [0.25, 0.3) is 0 Å². The van der Waals surface area contributed by atoms with Gasteiger partial charge in [-0.1, -0.05) is 20.3 Å². The number of amides is 1. The first-order chi connectivity index (χ1) is 7.05. The van der Waals surface area contributed by atoms with E-state index in [2.05, 4.69) is 10.6 Å². The minimum Gasteiger partial charge on any atom is -0.396 e. The Hall–Kier alpha value is -0.610. The molecule has 1 fully saturated rings. The Morgan fingerprint density at radius 3 is 2.80 bits per heavy atom. The maximum atomic E-state index is 11.7. The molecule has 0 spiro atoms. The maximum Gasteiger partial charge on any atom is 0.237 e. The average Bonchev–Trinajstić information content (AvgIpc) is 2.27. The first kappa shape index (κ1) is 12.5. The highest BCUT2D eigenvalue weighted by atomic mass is 16.3. The smallest absolute Gasteiger partial charge is 0.237 e. The summed E-state index contributed by atoms with van der Waals surface area (Å²) in [5.74, 6) is 0.0659. The van der Waals surface area contributed by atoms with Crippen LogP contribution in [0, 0.1) is 5.41 Å². The number of hydrogen-bond acceptors (Lipinski definition) is 3. The van der Waals surface area contributed by atoms with Crippen LogP contribution in [-0.4, -0.2) is 36.8 Å². The lowest BCUT2D eigenvalue weighted by Crippen LogP contribution is -2.49. The Bertz CT molecular complexity index is 211. The first-order valence-electron chi connectivity index (χ1n) is 5.67. The summed E-state index contributed by atoms with van der Waals surface area (Å²) in [4.78, 5) is 11.7. The SMILES string of the molecule is CC(C)(CO)CNC(=O)C1CCCCN1. The van der Waals surface area contributed by atoms with Gasteiger partial charge in [-0.25, -0.2) is 0 Å². The molecule has 4 heteroatoms. The molecule has 0 saturated carbocycles. The summed E-state index contributed by atoms with van der Waals surface area (Å²) in [6.07, 6.45) is 3.20. The number of aliphatic hydroxyl groups is 1. The second-order valence-corrected chi connectivity index (χ2v) is 5.04. The third kappa shape index (κ3) is 4.18. The average molecular weight is 214 g/mol. The van der Waals surface area contributed by atoms with E-state index >= 15 is 0 Å². The van der Waals surface area contributed by atoms with E-state index in [4.69, 9.17) is 5.11 Å². The minimum atomic E-state index is -0.232. The van der Waals surface area contributed by atoms with Crippen LogP contribution < -0.4 is 10.6 Å². The Kier molecular flexibility index (Phi) is 4.54. The van der Waals surface area contributed by atoms with Crippen molar-refractivity contribution in [3.8, 4) is 0 Å². The van der Waals surface area contributed by atoms with Gasteiger partial charge in [0.05, 0.1) is 6.04 Å². The van der Waals surface area contributed by atoms with Gasteiger partial charge in [0.1, 0.15) is 0 Å². The lowest BCUT2D eigenvalue weighted by atomic mass is 9.94. The largest absolute Gasteiger partial charge is 0.396 e. The highest BCUT2D eigenvalue weighted by Crippen LogP contribution is 2.12. The number of nitrogens with one attached hydrogen (secondary N) is 2. The van der Waals surface area contributed by atoms with Crippen LogP contribution in [0.15, 0.2) is 0 Å². The maximum absolute atomic E-state index is 11.7. The highest BCUT2D eigenvalue weighted by molar-refractivity contribution is 5.81. The van der Waals surface area contributed by atoms with Crippen LogP contribution in [0.3, 0.4) is 0 Å². The molecule has 1 rings (SSSR count). The van der Waals surface area contributed by atoms with E-state index in [9.17, 15) is 4.79 Å². The van der Waals surface area contributed by atoms with Crippen molar-refractivity contribution in [2.24, 2.45) is 5.41 Å². The fourth-order valence-corrected chi connectivity index (χ4v) is 1.58. The number of hydrogen-bond donors (Lipinski definition) is 3. The number of aliphatic hydroxyl groups excluding tert-OH is 1. The molecular formula is C11H22N2O2. The molecule has 0 aromatic rings. The summed E-state index contributed by atoms with van der Waals surface area (Å²) in [7, 11) is 0. The van der Waals surface area contributed by atoms with Crippen molar-refractivity contribution >= 4 is 5.91 Å². The van der Waals surface area contributed by atoms with Gasteiger partial charge >= 0.3 is 0 Å².